The van der Waals surface area contributed by atoms with Crippen molar-refractivity contribution in [2.45, 2.75) is 39.1 Å². The first-order valence-corrected chi connectivity index (χ1v) is 10.1. The second kappa shape index (κ2) is 7.45. The largest absolute Gasteiger partial charge is 0.454 e. The number of hydrogen-bond donors (Lipinski definition) is 0. The van der Waals surface area contributed by atoms with Crippen LogP contribution >= 0.6 is 0 Å². The number of Topliss-reactive ketones (excluding diaryl/α,β-unsaturated/α-hetero) is 1. The predicted molar refractivity (Wildman–Crippen MR) is 98.5 cm³/mol. The SMILES string of the molecule is CCn1c(C)cc(C(=O)COC(=O)c2cc(S(C)(=O)=O)ccc2C)c1C. The molecule has 0 saturated heterocycles. The van der Waals surface area contributed by atoms with Gasteiger partial charge in [-0.15, -0.1) is 0 Å². The standard InChI is InChI=1S/C19H23NO5S/c1-6-20-13(3)9-17(14(20)4)18(21)11-25-19(22)16-10-15(26(5,23)24)8-7-12(16)2/h7-10H,6,11H2,1-5H3. The zero-order valence-electron chi connectivity index (χ0n) is 15.6. The number of sulfone groups is 1. The highest BCUT2D eigenvalue weighted by atomic mass is 32.2. The quantitative estimate of drug-likeness (QED) is 0.571. The Kier molecular flexibility index (Phi) is 5.71. The number of carbonyl (C=O) groups is 2. The third kappa shape index (κ3) is 4.04. The van der Waals surface area contributed by atoms with E-state index in [-0.39, 0.29) is 16.2 Å². The summed E-state index contributed by atoms with van der Waals surface area (Å²) >= 11 is 0. The number of hydrogen-bond acceptors (Lipinski definition) is 5. The molecule has 0 radical (unpaired) electrons. The number of rotatable bonds is 6. The Morgan fingerprint density at radius 1 is 1.08 bits per heavy atom. The fourth-order valence-corrected chi connectivity index (χ4v) is 3.56. The van der Waals surface area contributed by atoms with Crippen LogP contribution in [0, 0.1) is 20.8 Å². The molecule has 6 nitrogen and oxygen atoms in total. The van der Waals surface area contributed by atoms with Gasteiger partial charge in [0, 0.05) is 29.8 Å². The maximum absolute atomic E-state index is 12.4. The maximum Gasteiger partial charge on any atom is 0.338 e. The van der Waals surface area contributed by atoms with Crippen LogP contribution < -0.4 is 0 Å². The number of aryl methyl sites for hydroxylation is 2. The first-order valence-electron chi connectivity index (χ1n) is 8.24. The van der Waals surface area contributed by atoms with E-state index in [0.717, 1.165) is 24.2 Å². The van der Waals surface area contributed by atoms with Gasteiger partial charge >= 0.3 is 5.97 Å². The van der Waals surface area contributed by atoms with Gasteiger partial charge in [-0.2, -0.15) is 0 Å². The molecule has 0 amide bonds. The van der Waals surface area contributed by atoms with Crippen LogP contribution in [-0.2, 0) is 21.1 Å². The Morgan fingerprint density at radius 3 is 2.27 bits per heavy atom. The van der Waals surface area contributed by atoms with Crippen LogP contribution in [0.1, 0.15) is 44.6 Å². The molecule has 140 valence electrons. The van der Waals surface area contributed by atoms with Crippen LogP contribution in [0.25, 0.3) is 0 Å². The normalized spacial score (nSPS) is 11.4. The minimum Gasteiger partial charge on any atom is -0.454 e. The molecule has 0 spiro atoms. The van der Waals surface area contributed by atoms with Gasteiger partial charge in [0.15, 0.2) is 16.4 Å². The fourth-order valence-electron chi connectivity index (χ4n) is 2.91. The maximum atomic E-state index is 12.4. The molecule has 0 aliphatic heterocycles. The van der Waals surface area contributed by atoms with E-state index in [4.69, 9.17) is 4.74 Å². The van der Waals surface area contributed by atoms with Crippen LogP contribution in [0.4, 0.5) is 0 Å². The first kappa shape index (κ1) is 19.9. The Hall–Kier alpha value is -2.41. The van der Waals surface area contributed by atoms with Gasteiger partial charge in [-0.25, -0.2) is 13.2 Å². The van der Waals surface area contributed by atoms with Crippen molar-refractivity contribution in [2.75, 3.05) is 12.9 Å². The van der Waals surface area contributed by atoms with Crippen molar-refractivity contribution in [2.24, 2.45) is 0 Å². The summed E-state index contributed by atoms with van der Waals surface area (Å²) in [4.78, 5) is 24.8. The highest BCUT2D eigenvalue weighted by molar-refractivity contribution is 7.90. The zero-order chi connectivity index (χ0) is 19.6. The van der Waals surface area contributed by atoms with Crippen molar-refractivity contribution in [3.05, 3.63) is 52.3 Å². The molecular weight excluding hydrogens is 354 g/mol. The van der Waals surface area contributed by atoms with E-state index >= 15 is 0 Å². The lowest BCUT2D eigenvalue weighted by atomic mass is 10.1. The van der Waals surface area contributed by atoms with E-state index in [1.54, 1.807) is 19.1 Å². The van der Waals surface area contributed by atoms with Crippen LogP contribution in [0.15, 0.2) is 29.2 Å². The van der Waals surface area contributed by atoms with E-state index in [2.05, 4.69) is 0 Å². The molecule has 26 heavy (non-hydrogen) atoms. The molecule has 1 aromatic heterocycles. The monoisotopic (exact) mass is 377 g/mol. The molecule has 1 aromatic carbocycles. The lowest BCUT2D eigenvalue weighted by Crippen LogP contribution is -2.16. The zero-order valence-corrected chi connectivity index (χ0v) is 16.4. The van der Waals surface area contributed by atoms with E-state index in [1.165, 1.54) is 12.1 Å². The fraction of sp³-hybridized carbons (Fsp3) is 0.368. The van der Waals surface area contributed by atoms with Gasteiger partial charge in [0.25, 0.3) is 0 Å². The third-order valence-electron chi connectivity index (χ3n) is 4.38. The molecule has 2 aromatic rings. The topological polar surface area (TPSA) is 82.4 Å². The molecule has 0 unspecified atom stereocenters. The molecule has 0 bridgehead atoms. The van der Waals surface area contributed by atoms with Crippen LogP contribution in [0.2, 0.25) is 0 Å². The number of ether oxygens (including phenoxy) is 1. The molecule has 0 N–H and O–H groups in total. The molecule has 0 aliphatic rings. The minimum atomic E-state index is -3.44. The second-order valence-electron chi connectivity index (χ2n) is 6.28. The molecule has 0 atom stereocenters. The summed E-state index contributed by atoms with van der Waals surface area (Å²) in [5, 5.41) is 0. The Morgan fingerprint density at radius 2 is 1.73 bits per heavy atom. The van der Waals surface area contributed by atoms with Crippen LogP contribution in [-0.4, -0.2) is 37.6 Å². The summed E-state index contributed by atoms with van der Waals surface area (Å²) in [5.41, 5.74) is 3.05. The summed E-state index contributed by atoms with van der Waals surface area (Å²) in [6, 6.07) is 6.04. The highest BCUT2D eigenvalue weighted by Crippen LogP contribution is 2.18. The van der Waals surface area contributed by atoms with Crippen molar-refractivity contribution < 1.29 is 22.7 Å². The van der Waals surface area contributed by atoms with Gasteiger partial charge < -0.3 is 9.30 Å². The van der Waals surface area contributed by atoms with E-state index in [9.17, 15) is 18.0 Å². The summed E-state index contributed by atoms with van der Waals surface area (Å²) in [5.74, 6) is -1.01. The Labute approximate surface area is 153 Å². The molecular formula is C19H23NO5S. The second-order valence-corrected chi connectivity index (χ2v) is 8.29. The number of benzene rings is 1. The van der Waals surface area contributed by atoms with Gasteiger partial charge in [0.1, 0.15) is 0 Å². The van der Waals surface area contributed by atoms with Crippen molar-refractivity contribution in [1.29, 1.82) is 0 Å². The average molecular weight is 377 g/mol. The summed E-state index contributed by atoms with van der Waals surface area (Å²) in [6.07, 6.45) is 1.07. The van der Waals surface area contributed by atoms with Crippen LogP contribution in [0.3, 0.4) is 0 Å². The van der Waals surface area contributed by atoms with Gasteiger partial charge in [-0.05, 0) is 51.5 Å². The molecule has 1 heterocycles. The van der Waals surface area contributed by atoms with Crippen molar-refractivity contribution in [3.8, 4) is 0 Å². The number of esters is 1. The molecule has 2 rings (SSSR count). The molecule has 0 fully saturated rings. The van der Waals surface area contributed by atoms with E-state index in [1.807, 2.05) is 25.3 Å². The van der Waals surface area contributed by atoms with Gasteiger partial charge in [-0.3, -0.25) is 4.79 Å². The van der Waals surface area contributed by atoms with Crippen molar-refractivity contribution >= 4 is 21.6 Å². The third-order valence-corrected chi connectivity index (χ3v) is 5.49. The summed E-state index contributed by atoms with van der Waals surface area (Å²) in [6.45, 7) is 7.80. The van der Waals surface area contributed by atoms with Gasteiger partial charge in [0.05, 0.1) is 10.5 Å². The predicted octanol–water partition coefficient (Wildman–Crippen LogP) is 2.88. The molecule has 0 aliphatic carbocycles. The van der Waals surface area contributed by atoms with Crippen molar-refractivity contribution in [1.82, 2.24) is 4.57 Å². The first-order chi connectivity index (χ1) is 12.1. The summed E-state index contributed by atoms with van der Waals surface area (Å²) in [7, 11) is -3.44. The molecule has 7 heteroatoms. The smallest absolute Gasteiger partial charge is 0.338 e. The average Bonchev–Trinajstić information content (AvgIpc) is 2.85. The number of ketones is 1. The number of aromatic nitrogens is 1. The van der Waals surface area contributed by atoms with E-state index < -0.39 is 22.4 Å². The highest BCUT2D eigenvalue weighted by Gasteiger charge is 2.19. The number of nitrogens with zero attached hydrogens (tertiary/aromatic N) is 1. The van der Waals surface area contributed by atoms with Gasteiger partial charge in [0.2, 0.25) is 5.78 Å². The lowest BCUT2D eigenvalue weighted by molar-refractivity contribution is 0.0473. The molecule has 0 saturated carbocycles. The van der Waals surface area contributed by atoms with E-state index in [0.29, 0.717) is 11.1 Å². The summed E-state index contributed by atoms with van der Waals surface area (Å²) < 4.78 is 30.5. The Balaban J connectivity index is 2.18. The number of carbonyl (C=O) groups excluding carboxylic acids is 2. The lowest BCUT2D eigenvalue weighted by Gasteiger charge is -2.09. The van der Waals surface area contributed by atoms with Gasteiger partial charge in [-0.1, -0.05) is 6.07 Å². The van der Waals surface area contributed by atoms with Crippen molar-refractivity contribution in [3.63, 3.8) is 0 Å². The Bertz CT molecular complexity index is 970. The van der Waals surface area contributed by atoms with Crippen LogP contribution in [0.5, 0.6) is 0 Å². The minimum absolute atomic E-state index is 0.0351.